The molecule has 0 aliphatic carbocycles. The smallest absolute Gasteiger partial charge is 0.337 e. The van der Waals surface area contributed by atoms with E-state index >= 15 is 0 Å². The molecule has 1 heterocycles. The van der Waals surface area contributed by atoms with Crippen molar-refractivity contribution >= 4 is 40.8 Å². The summed E-state index contributed by atoms with van der Waals surface area (Å²) in [4.78, 5) is 11.7. The fourth-order valence-corrected chi connectivity index (χ4v) is 3.21. The lowest BCUT2D eigenvalue weighted by atomic mass is 9.93. The number of carboxylic acids is 1. The molecule has 1 fully saturated rings. The molecule has 0 aromatic heterocycles. The number of hydrogen-bond acceptors (Lipinski definition) is 3. The number of carboxylic acid groups (broad SMARTS) is 1. The standard InChI is InChI=1S/C16H11Cl3O4/c17-10-3-1-2-9(8-10)16(22-6-7-23-16)11-4-5-12(18)14(19)13(11)15(20)21/h1-5,8H,6-7H2,(H,20,21). The third kappa shape index (κ3) is 2.82. The first-order chi connectivity index (χ1) is 11.0. The summed E-state index contributed by atoms with van der Waals surface area (Å²) in [6.45, 7) is 0.623. The van der Waals surface area contributed by atoms with Crippen LogP contribution in [0, 0.1) is 0 Å². The zero-order valence-corrected chi connectivity index (χ0v) is 14.0. The van der Waals surface area contributed by atoms with Gasteiger partial charge in [-0.25, -0.2) is 4.79 Å². The molecule has 1 aliphatic heterocycles. The van der Waals surface area contributed by atoms with Crippen molar-refractivity contribution in [2.75, 3.05) is 13.2 Å². The van der Waals surface area contributed by atoms with Gasteiger partial charge in [-0.3, -0.25) is 0 Å². The number of ether oxygens (including phenoxy) is 2. The third-order valence-corrected chi connectivity index (χ3v) is 4.60. The minimum Gasteiger partial charge on any atom is -0.478 e. The average Bonchev–Trinajstić information content (AvgIpc) is 3.00. The van der Waals surface area contributed by atoms with E-state index in [0.29, 0.717) is 23.8 Å². The maximum atomic E-state index is 11.7. The van der Waals surface area contributed by atoms with Crippen LogP contribution in [0.25, 0.3) is 0 Å². The van der Waals surface area contributed by atoms with Gasteiger partial charge in [0.2, 0.25) is 5.79 Å². The van der Waals surface area contributed by atoms with E-state index in [2.05, 4.69) is 0 Å². The summed E-state index contributed by atoms with van der Waals surface area (Å²) in [5.74, 6) is -2.60. The fourth-order valence-electron chi connectivity index (χ4n) is 2.62. The van der Waals surface area contributed by atoms with Crippen molar-refractivity contribution in [3.63, 3.8) is 0 Å². The van der Waals surface area contributed by atoms with Gasteiger partial charge in [0.25, 0.3) is 0 Å². The SMILES string of the molecule is O=C(O)c1c(C2(c3cccc(Cl)c3)OCCO2)ccc(Cl)c1Cl. The average molecular weight is 374 g/mol. The molecule has 0 saturated carbocycles. The van der Waals surface area contributed by atoms with Crippen LogP contribution < -0.4 is 0 Å². The Bertz CT molecular complexity index is 770. The summed E-state index contributed by atoms with van der Waals surface area (Å²) in [7, 11) is 0. The molecule has 0 atom stereocenters. The molecule has 23 heavy (non-hydrogen) atoms. The van der Waals surface area contributed by atoms with Crippen LogP contribution in [0.3, 0.4) is 0 Å². The zero-order chi connectivity index (χ0) is 16.6. The first kappa shape index (κ1) is 16.6. The molecule has 1 aliphatic rings. The van der Waals surface area contributed by atoms with Gasteiger partial charge in [0.15, 0.2) is 0 Å². The number of halogens is 3. The van der Waals surface area contributed by atoms with Gasteiger partial charge in [-0.05, 0) is 18.2 Å². The summed E-state index contributed by atoms with van der Waals surface area (Å²) >= 11 is 18.1. The minimum atomic E-state index is -1.38. The molecule has 4 nitrogen and oxygen atoms in total. The Labute approximate surface area is 147 Å². The molecule has 0 spiro atoms. The summed E-state index contributed by atoms with van der Waals surface area (Å²) in [6, 6.07) is 9.93. The van der Waals surface area contributed by atoms with Crippen molar-refractivity contribution in [1.82, 2.24) is 0 Å². The van der Waals surface area contributed by atoms with Crippen molar-refractivity contribution in [1.29, 1.82) is 0 Å². The second kappa shape index (κ2) is 6.30. The molecule has 0 radical (unpaired) electrons. The van der Waals surface area contributed by atoms with Crippen molar-refractivity contribution in [2.45, 2.75) is 5.79 Å². The van der Waals surface area contributed by atoms with Crippen molar-refractivity contribution in [3.05, 3.63) is 68.2 Å². The van der Waals surface area contributed by atoms with E-state index < -0.39 is 11.8 Å². The second-order valence-electron chi connectivity index (χ2n) is 4.91. The number of aromatic carboxylic acids is 1. The van der Waals surface area contributed by atoms with Gasteiger partial charge in [0.1, 0.15) is 0 Å². The fraction of sp³-hybridized carbons (Fsp3) is 0.188. The minimum absolute atomic E-state index is 0.0582. The van der Waals surface area contributed by atoms with Crippen molar-refractivity contribution < 1.29 is 19.4 Å². The Kier molecular flexibility index (Phi) is 4.54. The number of hydrogen-bond donors (Lipinski definition) is 1. The van der Waals surface area contributed by atoms with Crippen LogP contribution in [-0.4, -0.2) is 24.3 Å². The second-order valence-corrected chi connectivity index (χ2v) is 6.13. The van der Waals surface area contributed by atoms with Gasteiger partial charge < -0.3 is 14.6 Å². The predicted molar refractivity (Wildman–Crippen MR) is 87.6 cm³/mol. The van der Waals surface area contributed by atoms with Crippen LogP contribution in [0.15, 0.2) is 36.4 Å². The molecule has 2 aromatic carbocycles. The van der Waals surface area contributed by atoms with Crippen LogP contribution in [0.1, 0.15) is 21.5 Å². The zero-order valence-electron chi connectivity index (χ0n) is 11.7. The van der Waals surface area contributed by atoms with E-state index in [0.717, 1.165) is 0 Å². The topological polar surface area (TPSA) is 55.8 Å². The Morgan fingerprint density at radius 3 is 2.39 bits per heavy atom. The quantitative estimate of drug-likeness (QED) is 0.855. The van der Waals surface area contributed by atoms with Crippen LogP contribution in [0.5, 0.6) is 0 Å². The van der Waals surface area contributed by atoms with E-state index in [1.54, 1.807) is 30.3 Å². The lowest BCUT2D eigenvalue weighted by Crippen LogP contribution is -2.31. The summed E-state index contributed by atoms with van der Waals surface area (Å²) < 4.78 is 11.6. The van der Waals surface area contributed by atoms with Crippen LogP contribution in [0.4, 0.5) is 0 Å². The Hall–Kier alpha value is -1.30. The van der Waals surface area contributed by atoms with E-state index in [9.17, 15) is 9.90 Å². The lowest BCUT2D eigenvalue weighted by molar-refractivity contribution is -0.130. The van der Waals surface area contributed by atoms with Gasteiger partial charge in [-0.1, -0.05) is 53.0 Å². The van der Waals surface area contributed by atoms with E-state index in [4.69, 9.17) is 44.3 Å². The van der Waals surface area contributed by atoms with Crippen LogP contribution in [-0.2, 0) is 15.3 Å². The maximum absolute atomic E-state index is 11.7. The first-order valence-electron chi connectivity index (χ1n) is 6.71. The highest BCUT2D eigenvalue weighted by molar-refractivity contribution is 6.43. The molecule has 3 rings (SSSR count). The van der Waals surface area contributed by atoms with E-state index in [-0.39, 0.29) is 21.2 Å². The highest BCUT2D eigenvalue weighted by atomic mass is 35.5. The monoisotopic (exact) mass is 372 g/mol. The van der Waals surface area contributed by atoms with E-state index in [1.165, 1.54) is 6.07 Å². The van der Waals surface area contributed by atoms with Crippen molar-refractivity contribution in [2.24, 2.45) is 0 Å². The Morgan fingerprint density at radius 2 is 1.78 bits per heavy atom. The number of carbonyl (C=O) groups is 1. The van der Waals surface area contributed by atoms with Crippen LogP contribution >= 0.6 is 34.8 Å². The van der Waals surface area contributed by atoms with Gasteiger partial charge in [0.05, 0.1) is 28.8 Å². The van der Waals surface area contributed by atoms with Gasteiger partial charge in [-0.15, -0.1) is 0 Å². The van der Waals surface area contributed by atoms with Crippen LogP contribution in [0.2, 0.25) is 15.1 Å². The van der Waals surface area contributed by atoms with Crippen molar-refractivity contribution in [3.8, 4) is 0 Å². The highest BCUT2D eigenvalue weighted by Gasteiger charge is 2.44. The molecule has 1 saturated heterocycles. The molecule has 0 bridgehead atoms. The molecular weight excluding hydrogens is 363 g/mol. The molecule has 1 N–H and O–H groups in total. The van der Waals surface area contributed by atoms with Gasteiger partial charge >= 0.3 is 5.97 Å². The third-order valence-electron chi connectivity index (χ3n) is 3.56. The highest BCUT2D eigenvalue weighted by Crippen LogP contribution is 2.43. The number of rotatable bonds is 3. The Morgan fingerprint density at radius 1 is 1.09 bits per heavy atom. The Balaban J connectivity index is 2.28. The molecular formula is C16H11Cl3O4. The van der Waals surface area contributed by atoms with Gasteiger partial charge in [0, 0.05) is 16.1 Å². The maximum Gasteiger partial charge on any atom is 0.337 e. The molecule has 7 heteroatoms. The molecule has 0 amide bonds. The number of benzene rings is 2. The largest absolute Gasteiger partial charge is 0.478 e. The van der Waals surface area contributed by atoms with Gasteiger partial charge in [-0.2, -0.15) is 0 Å². The summed E-state index contributed by atoms with van der Waals surface area (Å²) in [5, 5.41) is 10.1. The predicted octanol–water partition coefficient (Wildman–Crippen LogP) is 4.59. The van der Waals surface area contributed by atoms with E-state index in [1.807, 2.05) is 0 Å². The molecule has 2 aromatic rings. The normalized spacial score (nSPS) is 16.5. The summed E-state index contributed by atoms with van der Waals surface area (Å²) in [5.41, 5.74) is 0.712. The molecule has 0 unspecified atom stereocenters. The molecule has 120 valence electrons. The first-order valence-corrected chi connectivity index (χ1v) is 7.85. The summed E-state index contributed by atoms with van der Waals surface area (Å²) in [6.07, 6.45) is 0. The lowest BCUT2D eigenvalue weighted by Gasteiger charge is -2.30.